The van der Waals surface area contributed by atoms with E-state index in [1.807, 2.05) is 0 Å². The van der Waals surface area contributed by atoms with E-state index in [4.69, 9.17) is 16.2 Å². The third-order valence-electron chi connectivity index (χ3n) is 1.36. The highest BCUT2D eigenvalue weighted by atomic mass is 35.5. The van der Waals surface area contributed by atoms with Crippen LogP contribution >= 0.6 is 12.4 Å². The Morgan fingerprint density at radius 2 is 1.69 bits per heavy atom. The van der Waals surface area contributed by atoms with Gasteiger partial charge in [0.25, 0.3) is 0 Å². The van der Waals surface area contributed by atoms with E-state index >= 15 is 0 Å². The molecule has 4 N–H and O–H groups in total. The summed E-state index contributed by atoms with van der Waals surface area (Å²) in [6.45, 7) is 7.06. The molecule has 0 unspecified atom stereocenters. The first kappa shape index (κ1) is 15.2. The molecule has 0 saturated heterocycles. The number of rotatable bonds is 2. The molecule has 0 bridgehead atoms. The first-order chi connectivity index (χ1) is 5.19. The van der Waals surface area contributed by atoms with Crippen LogP contribution in [0.4, 0.5) is 0 Å². The molecule has 0 radical (unpaired) electrons. The van der Waals surface area contributed by atoms with Gasteiger partial charge in [-0.15, -0.1) is 12.4 Å². The van der Waals surface area contributed by atoms with Gasteiger partial charge in [0.15, 0.2) is 5.66 Å². The lowest BCUT2D eigenvalue weighted by Gasteiger charge is -2.27. The summed E-state index contributed by atoms with van der Waals surface area (Å²) in [5.41, 5.74) is 9.05. The third-order valence-corrected chi connectivity index (χ3v) is 1.36. The van der Waals surface area contributed by atoms with Crippen molar-refractivity contribution in [3.63, 3.8) is 0 Å². The molecule has 13 heavy (non-hydrogen) atoms. The van der Waals surface area contributed by atoms with Gasteiger partial charge < -0.3 is 16.2 Å². The van der Waals surface area contributed by atoms with Crippen molar-refractivity contribution in [3.8, 4) is 0 Å². The molecule has 0 fully saturated rings. The normalized spacial score (nSPS) is 11.8. The van der Waals surface area contributed by atoms with Gasteiger partial charge in [-0.3, -0.25) is 0 Å². The number of nitrogens with two attached hydrogens (primary N) is 2. The Hall–Kier alpha value is -0.320. The number of carbonyl (C=O) groups excluding carboxylic acids is 1. The van der Waals surface area contributed by atoms with Crippen LogP contribution in [0, 0.1) is 0 Å². The lowest BCUT2D eigenvalue weighted by atomic mass is 10.1. The highest BCUT2D eigenvalue weighted by Gasteiger charge is 2.31. The van der Waals surface area contributed by atoms with E-state index in [1.54, 1.807) is 27.7 Å². The number of esters is 1. The quantitative estimate of drug-likeness (QED) is 0.522. The van der Waals surface area contributed by atoms with Crippen LogP contribution in [0.3, 0.4) is 0 Å². The second-order valence-electron chi connectivity index (χ2n) is 3.90. The van der Waals surface area contributed by atoms with Crippen molar-refractivity contribution in [2.75, 3.05) is 0 Å². The van der Waals surface area contributed by atoms with Crippen molar-refractivity contribution in [1.82, 2.24) is 0 Å². The summed E-state index contributed by atoms with van der Waals surface area (Å²) in [5.74, 6) is -0.558. The lowest BCUT2D eigenvalue weighted by Crippen LogP contribution is -2.58. The van der Waals surface area contributed by atoms with Gasteiger partial charge in [0.2, 0.25) is 0 Å². The van der Waals surface area contributed by atoms with E-state index in [-0.39, 0.29) is 12.4 Å². The van der Waals surface area contributed by atoms with Crippen molar-refractivity contribution in [3.05, 3.63) is 0 Å². The van der Waals surface area contributed by atoms with Crippen LogP contribution in [-0.4, -0.2) is 17.2 Å². The molecule has 0 aliphatic rings. The number of hydrogen-bond acceptors (Lipinski definition) is 4. The van der Waals surface area contributed by atoms with E-state index in [1.165, 1.54) is 0 Å². The zero-order chi connectivity index (χ0) is 9.99. The summed E-state index contributed by atoms with van der Waals surface area (Å²) >= 11 is 0. The van der Waals surface area contributed by atoms with Crippen LogP contribution in [0.2, 0.25) is 0 Å². The summed E-state index contributed by atoms with van der Waals surface area (Å²) in [4.78, 5) is 11.2. The van der Waals surface area contributed by atoms with E-state index in [0.717, 1.165) is 0 Å². The molecule has 0 aliphatic carbocycles. The molecule has 0 rings (SSSR count). The van der Waals surface area contributed by atoms with Crippen molar-refractivity contribution >= 4 is 18.4 Å². The summed E-state index contributed by atoms with van der Waals surface area (Å²) in [5, 5.41) is 0. The summed E-state index contributed by atoms with van der Waals surface area (Å²) in [6, 6.07) is 0. The average Bonchev–Trinajstić information content (AvgIpc) is 1.84. The Morgan fingerprint density at radius 3 is 1.92 bits per heavy atom. The highest BCUT2D eigenvalue weighted by Crippen LogP contribution is 2.11. The third kappa shape index (κ3) is 5.85. The van der Waals surface area contributed by atoms with Gasteiger partial charge in [-0.05, 0) is 27.2 Å². The predicted molar refractivity (Wildman–Crippen MR) is 54.5 cm³/mol. The maximum atomic E-state index is 11.2. The molecule has 0 heterocycles. The molecule has 0 aromatic rings. The van der Waals surface area contributed by atoms with Crippen LogP contribution in [0.15, 0.2) is 0 Å². The lowest BCUT2D eigenvalue weighted by molar-refractivity contribution is -0.161. The average molecular weight is 211 g/mol. The van der Waals surface area contributed by atoms with Crippen molar-refractivity contribution < 1.29 is 9.53 Å². The minimum atomic E-state index is -1.35. The molecular formula is C8H19ClN2O2. The molecule has 0 aromatic carbocycles. The van der Waals surface area contributed by atoms with Crippen LogP contribution in [-0.2, 0) is 9.53 Å². The number of halogens is 1. The summed E-state index contributed by atoms with van der Waals surface area (Å²) in [7, 11) is 0. The van der Waals surface area contributed by atoms with Gasteiger partial charge >= 0.3 is 5.97 Å². The number of ether oxygens (including phenoxy) is 1. The zero-order valence-corrected chi connectivity index (χ0v) is 9.40. The molecule has 5 heteroatoms. The monoisotopic (exact) mass is 210 g/mol. The Labute approximate surface area is 85.4 Å². The van der Waals surface area contributed by atoms with Crippen LogP contribution < -0.4 is 11.5 Å². The van der Waals surface area contributed by atoms with Crippen molar-refractivity contribution in [1.29, 1.82) is 0 Å². The first-order valence-corrected chi connectivity index (χ1v) is 4.00. The molecule has 0 spiro atoms. The predicted octanol–water partition coefficient (Wildman–Crippen LogP) is 0.774. The summed E-state index contributed by atoms with van der Waals surface area (Å²) in [6.07, 6.45) is 0.363. The van der Waals surface area contributed by atoms with Crippen LogP contribution in [0.25, 0.3) is 0 Å². The molecular weight excluding hydrogens is 192 g/mol. The smallest absolute Gasteiger partial charge is 0.341 e. The topological polar surface area (TPSA) is 78.3 Å². The SMILES string of the molecule is CCC(N)(N)C(=O)OC(C)(C)C.Cl. The fraction of sp³-hybridized carbons (Fsp3) is 0.875. The molecule has 0 amide bonds. The Bertz CT molecular complexity index is 175. The van der Waals surface area contributed by atoms with Crippen molar-refractivity contribution in [2.24, 2.45) is 11.5 Å². The molecule has 0 atom stereocenters. The zero-order valence-electron chi connectivity index (χ0n) is 8.59. The highest BCUT2D eigenvalue weighted by molar-refractivity contribution is 5.85. The van der Waals surface area contributed by atoms with Gasteiger partial charge in [-0.1, -0.05) is 6.92 Å². The summed E-state index contributed by atoms with van der Waals surface area (Å²) < 4.78 is 5.00. The number of carbonyl (C=O) groups is 1. The Balaban J connectivity index is 0. The van der Waals surface area contributed by atoms with E-state index in [2.05, 4.69) is 0 Å². The van der Waals surface area contributed by atoms with E-state index < -0.39 is 17.2 Å². The van der Waals surface area contributed by atoms with Crippen molar-refractivity contribution in [2.45, 2.75) is 45.4 Å². The standard InChI is InChI=1S/C8H18N2O2.ClH/c1-5-8(9,10)6(11)12-7(2,3)4;/h5,9-10H2,1-4H3;1H. The van der Waals surface area contributed by atoms with E-state index in [9.17, 15) is 4.79 Å². The molecule has 0 aromatic heterocycles. The van der Waals surface area contributed by atoms with Gasteiger partial charge in [0.05, 0.1) is 0 Å². The van der Waals surface area contributed by atoms with Gasteiger partial charge in [-0.2, -0.15) is 0 Å². The second-order valence-corrected chi connectivity index (χ2v) is 3.90. The van der Waals surface area contributed by atoms with Gasteiger partial charge in [0.1, 0.15) is 5.60 Å². The second kappa shape index (κ2) is 4.79. The minimum absolute atomic E-state index is 0. The van der Waals surface area contributed by atoms with Gasteiger partial charge in [-0.25, -0.2) is 4.79 Å². The fourth-order valence-corrected chi connectivity index (χ4v) is 0.517. The molecule has 0 aliphatic heterocycles. The Morgan fingerprint density at radius 1 is 1.31 bits per heavy atom. The fourth-order valence-electron chi connectivity index (χ4n) is 0.517. The first-order valence-electron chi connectivity index (χ1n) is 4.00. The maximum absolute atomic E-state index is 11.2. The number of hydrogen-bond donors (Lipinski definition) is 2. The minimum Gasteiger partial charge on any atom is -0.458 e. The molecule has 4 nitrogen and oxygen atoms in total. The van der Waals surface area contributed by atoms with Crippen LogP contribution in [0.1, 0.15) is 34.1 Å². The van der Waals surface area contributed by atoms with Gasteiger partial charge in [0, 0.05) is 0 Å². The van der Waals surface area contributed by atoms with Crippen LogP contribution in [0.5, 0.6) is 0 Å². The molecule has 0 saturated carbocycles. The molecule has 80 valence electrons. The Kier molecular flexibility index (Phi) is 5.59. The van der Waals surface area contributed by atoms with E-state index in [0.29, 0.717) is 6.42 Å². The largest absolute Gasteiger partial charge is 0.458 e. The maximum Gasteiger partial charge on any atom is 0.341 e.